The first kappa shape index (κ1) is 51.6. The Hall–Kier alpha value is -5.38. The number of carboxylic acid groups (broad SMARTS) is 1. The number of nitrogens with one attached hydrogen (secondary N) is 9. The van der Waals surface area contributed by atoms with Gasteiger partial charge in [0.2, 0.25) is 53.2 Å². The number of aliphatic hydroxyl groups is 1. The van der Waals surface area contributed by atoms with E-state index in [9.17, 15) is 58.2 Å². The number of hydrogen-bond acceptors (Lipinski definition) is 12. The van der Waals surface area contributed by atoms with Crippen molar-refractivity contribution in [3.05, 3.63) is 0 Å². The standard InChI is InChI=1S/C35H62N10O12/c1-10-18(6)28(34(55)38-14-26(49)43-23(15-46)33(54)44-27(17(4)5)35(56)57)45-31(52)21(9)40-30(51)20(8)39-25(48)13-37-29(50)19(7)41-32(53)22(11-16(2)3)42-24(47)12-36/h16-23,27-28,46H,10-15,36H2,1-9H3,(H,37,50)(H,38,55)(H,39,48)(H,40,51)(H,41,53)(H,42,47)(H,43,49)(H,44,54)(H,45,52)(H,56,57)/t18-,19-,20-,21-,22-,23-,27-,28-/m0/s1. The Labute approximate surface area is 332 Å². The molecule has 0 rings (SSSR count). The second-order valence-electron chi connectivity index (χ2n) is 14.4. The molecule has 0 fully saturated rings. The van der Waals surface area contributed by atoms with Gasteiger partial charge in [-0.25, -0.2) is 4.79 Å². The minimum absolute atomic E-state index is 0.0364. The van der Waals surface area contributed by atoms with Gasteiger partial charge in [0.1, 0.15) is 42.3 Å². The number of aliphatic hydroxyl groups excluding tert-OH is 1. The maximum absolute atomic E-state index is 13.1. The van der Waals surface area contributed by atoms with Gasteiger partial charge in [-0.2, -0.15) is 0 Å². The summed E-state index contributed by atoms with van der Waals surface area (Å²) in [5, 5.41) is 40.3. The van der Waals surface area contributed by atoms with Gasteiger partial charge in [0.05, 0.1) is 26.2 Å². The SMILES string of the molecule is CC[C@H](C)[C@H](NC(=O)[C@H](C)NC(=O)[C@H](C)NC(=O)CNC(=O)[C@H](C)NC(=O)[C@H](CC(C)C)NC(=O)CN)C(=O)NCC(=O)N[C@@H](CO)C(=O)N[C@H](C(=O)O)C(C)C. The molecular formula is C35H62N10O12. The first-order valence-corrected chi connectivity index (χ1v) is 18.7. The minimum atomic E-state index is -1.51. The van der Waals surface area contributed by atoms with Crippen LogP contribution in [0.2, 0.25) is 0 Å². The van der Waals surface area contributed by atoms with Crippen LogP contribution in [-0.2, 0) is 47.9 Å². The lowest BCUT2D eigenvalue weighted by Crippen LogP contribution is -2.58. The Morgan fingerprint density at radius 1 is 0.526 bits per heavy atom. The lowest BCUT2D eigenvalue weighted by molar-refractivity contribution is -0.143. The van der Waals surface area contributed by atoms with E-state index < -0.39 is 133 Å². The van der Waals surface area contributed by atoms with Crippen molar-refractivity contribution < 1.29 is 58.2 Å². The predicted molar refractivity (Wildman–Crippen MR) is 204 cm³/mol. The van der Waals surface area contributed by atoms with E-state index in [0.29, 0.717) is 12.8 Å². The van der Waals surface area contributed by atoms with E-state index in [1.54, 1.807) is 27.7 Å². The highest BCUT2D eigenvalue weighted by atomic mass is 16.4. The molecule has 0 aromatic carbocycles. The van der Waals surface area contributed by atoms with E-state index in [-0.39, 0.29) is 12.5 Å². The van der Waals surface area contributed by atoms with Crippen molar-refractivity contribution in [3.63, 3.8) is 0 Å². The highest BCUT2D eigenvalue weighted by Gasteiger charge is 2.31. The number of aliphatic carboxylic acids is 1. The molecule has 0 saturated carbocycles. The van der Waals surface area contributed by atoms with Crippen molar-refractivity contribution in [2.75, 3.05) is 26.2 Å². The summed E-state index contributed by atoms with van der Waals surface area (Å²) in [6.07, 6.45) is 0.702. The Bertz CT molecular complexity index is 1440. The number of rotatable bonds is 25. The van der Waals surface area contributed by atoms with Crippen LogP contribution in [0.4, 0.5) is 0 Å². The molecule has 0 heterocycles. The zero-order valence-corrected chi connectivity index (χ0v) is 34.1. The Balaban J connectivity index is 5.13. The monoisotopic (exact) mass is 814 g/mol. The van der Waals surface area contributed by atoms with Crippen molar-refractivity contribution in [3.8, 4) is 0 Å². The van der Waals surface area contributed by atoms with Crippen LogP contribution < -0.4 is 53.6 Å². The summed E-state index contributed by atoms with van der Waals surface area (Å²) >= 11 is 0. The van der Waals surface area contributed by atoms with E-state index in [0.717, 1.165) is 0 Å². The number of carbonyl (C=O) groups excluding carboxylic acids is 9. The normalized spacial score (nSPS) is 15.2. The first-order valence-electron chi connectivity index (χ1n) is 18.7. The molecule has 22 heteroatoms. The molecule has 0 aromatic heterocycles. The van der Waals surface area contributed by atoms with Gasteiger partial charge in [-0.1, -0.05) is 48.0 Å². The molecule has 22 nitrogen and oxygen atoms in total. The van der Waals surface area contributed by atoms with Crippen molar-refractivity contribution >= 4 is 59.1 Å². The van der Waals surface area contributed by atoms with Crippen molar-refractivity contribution in [2.45, 2.75) is 117 Å². The number of hydrogen-bond donors (Lipinski definition) is 12. The van der Waals surface area contributed by atoms with Crippen LogP contribution >= 0.6 is 0 Å². The summed E-state index contributed by atoms with van der Waals surface area (Å²) in [6.45, 7) is 11.8. The summed E-state index contributed by atoms with van der Waals surface area (Å²) in [5.41, 5.74) is 5.32. The fourth-order valence-electron chi connectivity index (χ4n) is 4.88. The van der Waals surface area contributed by atoms with Crippen molar-refractivity contribution in [2.24, 2.45) is 23.5 Å². The van der Waals surface area contributed by atoms with Gasteiger partial charge in [0.25, 0.3) is 0 Å². The highest BCUT2D eigenvalue weighted by Crippen LogP contribution is 2.09. The quantitative estimate of drug-likeness (QED) is 0.0414. The Morgan fingerprint density at radius 3 is 1.46 bits per heavy atom. The highest BCUT2D eigenvalue weighted by molar-refractivity contribution is 5.97. The van der Waals surface area contributed by atoms with E-state index in [1.165, 1.54) is 20.8 Å². The second kappa shape index (κ2) is 25.7. The summed E-state index contributed by atoms with van der Waals surface area (Å²) in [6, 6.07) is -8.36. The lowest BCUT2D eigenvalue weighted by atomic mass is 9.98. The Morgan fingerprint density at radius 2 is 0.965 bits per heavy atom. The predicted octanol–water partition coefficient (Wildman–Crippen LogP) is -4.54. The van der Waals surface area contributed by atoms with Crippen molar-refractivity contribution in [1.29, 1.82) is 0 Å². The summed E-state index contributed by atoms with van der Waals surface area (Å²) < 4.78 is 0. The number of carbonyl (C=O) groups is 10. The smallest absolute Gasteiger partial charge is 0.326 e. The first-order chi connectivity index (χ1) is 26.5. The fourth-order valence-corrected chi connectivity index (χ4v) is 4.88. The maximum atomic E-state index is 13.1. The van der Waals surface area contributed by atoms with Crippen LogP contribution in [0.15, 0.2) is 0 Å². The topological polar surface area (TPSA) is 345 Å². The molecule has 0 spiro atoms. The van der Waals surface area contributed by atoms with Gasteiger partial charge < -0.3 is 63.8 Å². The van der Waals surface area contributed by atoms with E-state index >= 15 is 0 Å². The van der Waals surface area contributed by atoms with Gasteiger partial charge in [-0.05, 0) is 44.9 Å². The van der Waals surface area contributed by atoms with Crippen molar-refractivity contribution in [1.82, 2.24) is 47.9 Å². The molecule has 13 N–H and O–H groups in total. The Kier molecular flexibility index (Phi) is 23.3. The zero-order chi connectivity index (χ0) is 44.2. The van der Waals surface area contributed by atoms with E-state index in [1.807, 2.05) is 13.8 Å². The average molecular weight is 815 g/mol. The fraction of sp³-hybridized carbons (Fsp3) is 0.714. The van der Waals surface area contributed by atoms with Gasteiger partial charge in [-0.15, -0.1) is 0 Å². The molecule has 0 aliphatic carbocycles. The molecule has 0 saturated heterocycles. The second-order valence-corrected chi connectivity index (χ2v) is 14.4. The van der Waals surface area contributed by atoms with Crippen LogP contribution in [-0.4, -0.2) is 138 Å². The molecule has 0 aromatic rings. The van der Waals surface area contributed by atoms with Gasteiger partial charge in [-0.3, -0.25) is 43.2 Å². The minimum Gasteiger partial charge on any atom is -0.480 e. The maximum Gasteiger partial charge on any atom is 0.326 e. The molecule has 9 amide bonds. The van der Waals surface area contributed by atoms with E-state index in [4.69, 9.17) is 5.73 Å². The van der Waals surface area contributed by atoms with Crippen LogP contribution in [0.25, 0.3) is 0 Å². The number of amides is 9. The third-order valence-corrected chi connectivity index (χ3v) is 8.52. The molecule has 0 radical (unpaired) electrons. The molecule has 0 aliphatic rings. The lowest BCUT2D eigenvalue weighted by Gasteiger charge is -2.26. The third-order valence-electron chi connectivity index (χ3n) is 8.52. The van der Waals surface area contributed by atoms with Crippen LogP contribution in [0.5, 0.6) is 0 Å². The molecular weight excluding hydrogens is 752 g/mol. The van der Waals surface area contributed by atoms with Gasteiger partial charge >= 0.3 is 5.97 Å². The average Bonchev–Trinajstić information content (AvgIpc) is 3.14. The van der Waals surface area contributed by atoms with Crippen LogP contribution in [0.1, 0.15) is 75.2 Å². The molecule has 0 aliphatic heterocycles. The molecule has 0 bridgehead atoms. The number of nitrogens with two attached hydrogens (primary N) is 1. The number of carboxylic acids is 1. The zero-order valence-electron chi connectivity index (χ0n) is 34.1. The van der Waals surface area contributed by atoms with E-state index in [2.05, 4.69) is 47.9 Å². The molecule has 8 atom stereocenters. The third kappa shape index (κ3) is 19.4. The molecule has 57 heavy (non-hydrogen) atoms. The van der Waals surface area contributed by atoms with Crippen LogP contribution in [0.3, 0.4) is 0 Å². The van der Waals surface area contributed by atoms with Crippen LogP contribution in [0, 0.1) is 17.8 Å². The summed E-state index contributed by atoms with van der Waals surface area (Å²) in [5.74, 6) is -9.02. The molecule has 324 valence electrons. The molecule has 0 unspecified atom stereocenters. The van der Waals surface area contributed by atoms with Gasteiger partial charge in [0.15, 0.2) is 0 Å². The van der Waals surface area contributed by atoms with Gasteiger partial charge in [0, 0.05) is 0 Å². The summed E-state index contributed by atoms with van der Waals surface area (Å²) in [7, 11) is 0. The largest absolute Gasteiger partial charge is 0.480 e. The summed E-state index contributed by atoms with van der Waals surface area (Å²) in [4.78, 5) is 125.